The van der Waals surface area contributed by atoms with Gasteiger partial charge in [0.05, 0.1) is 19.7 Å². The van der Waals surface area contributed by atoms with E-state index in [1.54, 1.807) is 7.11 Å². The number of benzene rings is 1. The van der Waals surface area contributed by atoms with Crippen LogP contribution < -0.4 is 10.5 Å². The molecule has 1 unspecified atom stereocenters. The predicted octanol–water partition coefficient (Wildman–Crippen LogP) is 1.38. The number of likely N-dealkylation sites (tertiary alicyclic amines) is 1. The molecule has 0 radical (unpaired) electrons. The molecule has 0 saturated carbocycles. The van der Waals surface area contributed by atoms with Gasteiger partial charge in [-0.15, -0.1) is 5.10 Å². The highest BCUT2D eigenvalue weighted by atomic mass is 16.5. The number of rotatable bonds is 7. The van der Waals surface area contributed by atoms with Crippen molar-refractivity contribution in [3.05, 3.63) is 35.7 Å². The lowest BCUT2D eigenvalue weighted by Gasteiger charge is -2.35. The molecular weight excluding hydrogens is 332 g/mol. The molecule has 1 amide bonds. The summed E-state index contributed by atoms with van der Waals surface area (Å²) in [5, 5.41) is 12.4. The smallest absolute Gasteiger partial charge is 0.220 e. The number of carbonyl (C=O) groups excluding carboxylic acids is 1. The highest BCUT2D eigenvalue weighted by Gasteiger charge is 2.30. The van der Waals surface area contributed by atoms with Crippen LogP contribution in [0.15, 0.2) is 24.3 Å². The van der Waals surface area contributed by atoms with Crippen LogP contribution in [-0.4, -0.2) is 51.2 Å². The Morgan fingerprint density at radius 3 is 2.58 bits per heavy atom. The summed E-state index contributed by atoms with van der Waals surface area (Å²) in [6.07, 6.45) is 2.50. The van der Waals surface area contributed by atoms with Gasteiger partial charge in [0, 0.05) is 5.92 Å². The summed E-state index contributed by atoms with van der Waals surface area (Å²) in [4.78, 5) is 13.7. The summed E-state index contributed by atoms with van der Waals surface area (Å²) in [5.41, 5.74) is 6.56. The normalized spacial score (nSPS) is 17.2. The lowest BCUT2D eigenvalue weighted by atomic mass is 9.94. The van der Waals surface area contributed by atoms with E-state index in [0.29, 0.717) is 6.54 Å². The first kappa shape index (κ1) is 18.3. The molecule has 1 aromatic carbocycles. The number of ether oxygens (including phenoxy) is 1. The van der Waals surface area contributed by atoms with Gasteiger partial charge in [-0.05, 0) is 60.5 Å². The Balaban J connectivity index is 1.72. The zero-order valence-corrected chi connectivity index (χ0v) is 15.3. The minimum absolute atomic E-state index is 0.0148. The molecule has 0 spiro atoms. The Hall–Kier alpha value is -2.48. The van der Waals surface area contributed by atoms with Crippen molar-refractivity contribution in [3.8, 4) is 5.75 Å². The van der Waals surface area contributed by atoms with Gasteiger partial charge in [-0.1, -0.05) is 19.1 Å². The maximum Gasteiger partial charge on any atom is 0.220 e. The van der Waals surface area contributed by atoms with E-state index in [1.807, 2.05) is 28.9 Å². The lowest BCUT2D eigenvalue weighted by Crippen LogP contribution is -2.41. The van der Waals surface area contributed by atoms with Gasteiger partial charge in [0.15, 0.2) is 5.82 Å². The molecular formula is C18H26N6O2. The molecule has 2 N–H and O–H groups in total. The average Bonchev–Trinajstić information content (AvgIpc) is 3.11. The summed E-state index contributed by atoms with van der Waals surface area (Å²) in [7, 11) is 1.65. The van der Waals surface area contributed by atoms with Gasteiger partial charge in [-0.25, -0.2) is 4.68 Å². The third-order valence-electron chi connectivity index (χ3n) is 5.11. The fourth-order valence-corrected chi connectivity index (χ4v) is 3.57. The minimum Gasteiger partial charge on any atom is -0.497 e. The fourth-order valence-electron chi connectivity index (χ4n) is 3.57. The first-order chi connectivity index (χ1) is 12.6. The number of nitrogens with two attached hydrogens (primary N) is 1. The zero-order valence-electron chi connectivity index (χ0n) is 15.3. The van der Waals surface area contributed by atoms with Gasteiger partial charge < -0.3 is 10.5 Å². The van der Waals surface area contributed by atoms with Gasteiger partial charge in [0.2, 0.25) is 5.91 Å². The average molecular weight is 358 g/mol. The standard InChI is InChI=1S/C18H26N6O2/c1-3-16(23-10-8-14(9-11-23)17(19)25)18-20-21-22-24(18)12-13-4-6-15(26-2)7-5-13/h4-7,14,16H,3,8-12H2,1-2H3,(H2,19,25). The van der Waals surface area contributed by atoms with E-state index < -0.39 is 0 Å². The van der Waals surface area contributed by atoms with Crippen LogP contribution in [0.5, 0.6) is 5.75 Å². The van der Waals surface area contributed by atoms with Crippen molar-refractivity contribution < 1.29 is 9.53 Å². The second kappa shape index (κ2) is 8.27. The summed E-state index contributed by atoms with van der Waals surface area (Å²) < 4.78 is 7.06. The van der Waals surface area contributed by atoms with Crippen LogP contribution in [0.3, 0.4) is 0 Å². The largest absolute Gasteiger partial charge is 0.497 e. The van der Waals surface area contributed by atoms with E-state index in [4.69, 9.17) is 10.5 Å². The molecule has 140 valence electrons. The first-order valence-electron chi connectivity index (χ1n) is 9.04. The van der Waals surface area contributed by atoms with Crippen LogP contribution in [0, 0.1) is 5.92 Å². The third-order valence-corrected chi connectivity index (χ3v) is 5.11. The van der Waals surface area contributed by atoms with Gasteiger partial charge in [0.1, 0.15) is 5.75 Å². The molecule has 2 aromatic rings. The third kappa shape index (κ3) is 4.01. The van der Waals surface area contributed by atoms with Crippen molar-refractivity contribution >= 4 is 5.91 Å². The molecule has 1 aliphatic rings. The van der Waals surface area contributed by atoms with E-state index in [9.17, 15) is 4.79 Å². The number of tetrazole rings is 1. The van der Waals surface area contributed by atoms with Crippen LogP contribution in [0.2, 0.25) is 0 Å². The number of hydrogen-bond donors (Lipinski definition) is 1. The molecule has 8 heteroatoms. The summed E-state index contributed by atoms with van der Waals surface area (Å²) >= 11 is 0. The van der Waals surface area contributed by atoms with Crippen LogP contribution in [-0.2, 0) is 11.3 Å². The van der Waals surface area contributed by atoms with Crippen LogP contribution in [0.1, 0.15) is 43.6 Å². The lowest BCUT2D eigenvalue weighted by molar-refractivity contribution is -0.123. The van der Waals surface area contributed by atoms with Crippen LogP contribution in [0.4, 0.5) is 0 Å². The number of hydrogen-bond acceptors (Lipinski definition) is 6. The molecule has 0 bridgehead atoms. The van der Waals surface area contributed by atoms with E-state index in [0.717, 1.165) is 49.5 Å². The van der Waals surface area contributed by atoms with Gasteiger partial charge >= 0.3 is 0 Å². The topological polar surface area (TPSA) is 99.2 Å². The molecule has 1 atom stereocenters. The van der Waals surface area contributed by atoms with Crippen LogP contribution >= 0.6 is 0 Å². The second-order valence-electron chi connectivity index (χ2n) is 6.68. The molecule has 1 aromatic heterocycles. The Bertz CT molecular complexity index is 722. The Kier molecular flexibility index (Phi) is 5.82. The SMILES string of the molecule is CCC(c1nnnn1Cc1ccc(OC)cc1)N1CCC(C(N)=O)CC1. The number of amides is 1. The van der Waals surface area contributed by atoms with Gasteiger partial charge in [0.25, 0.3) is 0 Å². The number of methoxy groups -OCH3 is 1. The maximum absolute atomic E-state index is 11.4. The van der Waals surface area contributed by atoms with Gasteiger partial charge in [-0.2, -0.15) is 0 Å². The van der Waals surface area contributed by atoms with Crippen molar-refractivity contribution in [3.63, 3.8) is 0 Å². The molecule has 26 heavy (non-hydrogen) atoms. The molecule has 1 saturated heterocycles. The Morgan fingerprint density at radius 1 is 1.31 bits per heavy atom. The maximum atomic E-state index is 11.4. The predicted molar refractivity (Wildman–Crippen MR) is 96.4 cm³/mol. The number of primary amides is 1. The highest BCUT2D eigenvalue weighted by Crippen LogP contribution is 2.28. The first-order valence-corrected chi connectivity index (χ1v) is 9.04. The van der Waals surface area contributed by atoms with Crippen molar-refractivity contribution in [1.82, 2.24) is 25.1 Å². The molecule has 1 aliphatic heterocycles. The number of carbonyl (C=O) groups is 1. The van der Waals surface area contributed by atoms with Gasteiger partial charge in [-0.3, -0.25) is 9.69 Å². The molecule has 0 aliphatic carbocycles. The van der Waals surface area contributed by atoms with E-state index >= 15 is 0 Å². The van der Waals surface area contributed by atoms with Crippen molar-refractivity contribution in [2.45, 2.75) is 38.8 Å². The molecule has 8 nitrogen and oxygen atoms in total. The van der Waals surface area contributed by atoms with E-state index in [-0.39, 0.29) is 17.9 Å². The summed E-state index contributed by atoms with van der Waals surface area (Å²) in [6, 6.07) is 8.04. The molecule has 2 heterocycles. The molecule has 1 fully saturated rings. The van der Waals surface area contributed by atoms with Crippen molar-refractivity contribution in [2.24, 2.45) is 11.7 Å². The fraction of sp³-hybridized carbons (Fsp3) is 0.556. The molecule has 3 rings (SSSR count). The van der Waals surface area contributed by atoms with E-state index in [2.05, 4.69) is 27.3 Å². The number of aromatic nitrogens is 4. The quantitative estimate of drug-likeness (QED) is 0.803. The minimum atomic E-state index is -0.193. The number of nitrogens with zero attached hydrogens (tertiary/aromatic N) is 5. The summed E-state index contributed by atoms with van der Waals surface area (Å²) in [6.45, 7) is 4.42. The summed E-state index contributed by atoms with van der Waals surface area (Å²) in [5.74, 6) is 1.48. The van der Waals surface area contributed by atoms with Crippen molar-refractivity contribution in [1.29, 1.82) is 0 Å². The zero-order chi connectivity index (χ0) is 18.5. The Morgan fingerprint density at radius 2 is 2.00 bits per heavy atom. The number of piperidine rings is 1. The van der Waals surface area contributed by atoms with Crippen molar-refractivity contribution in [2.75, 3.05) is 20.2 Å². The second-order valence-corrected chi connectivity index (χ2v) is 6.68. The highest BCUT2D eigenvalue weighted by molar-refractivity contribution is 5.76. The Labute approximate surface area is 153 Å². The van der Waals surface area contributed by atoms with E-state index in [1.165, 1.54) is 0 Å². The van der Waals surface area contributed by atoms with Crippen LogP contribution in [0.25, 0.3) is 0 Å². The monoisotopic (exact) mass is 358 g/mol.